The zero-order chi connectivity index (χ0) is 9.10. The van der Waals surface area contributed by atoms with Gasteiger partial charge in [-0.3, -0.25) is 4.79 Å². The van der Waals surface area contributed by atoms with Crippen LogP contribution in [-0.2, 0) is 0 Å². The number of rotatable bonds is 2. The van der Waals surface area contributed by atoms with Crippen LogP contribution in [0.4, 0.5) is 5.69 Å². The molecule has 1 heterocycles. The predicted molar refractivity (Wildman–Crippen MR) is 55.9 cm³/mol. The van der Waals surface area contributed by atoms with E-state index in [9.17, 15) is 4.79 Å². The highest BCUT2D eigenvalue weighted by molar-refractivity contribution is 8.02. The molecule has 1 aliphatic rings. The lowest BCUT2D eigenvalue weighted by Crippen LogP contribution is -2.12. The van der Waals surface area contributed by atoms with Gasteiger partial charge in [0.25, 0.3) is 0 Å². The summed E-state index contributed by atoms with van der Waals surface area (Å²) in [6.07, 6.45) is 2.89. The number of carbonyl (C=O) groups excluding carboxylic acids is 1. The maximum Gasteiger partial charge on any atom is 0.152 e. The highest BCUT2D eigenvalue weighted by Crippen LogP contribution is 2.25. The molecule has 0 aromatic heterocycles. The number of para-hydroxylation sites is 1. The van der Waals surface area contributed by atoms with Gasteiger partial charge < -0.3 is 4.90 Å². The van der Waals surface area contributed by atoms with Crippen LogP contribution in [-0.4, -0.2) is 12.2 Å². The van der Waals surface area contributed by atoms with Crippen molar-refractivity contribution in [3.63, 3.8) is 0 Å². The molecule has 1 aromatic rings. The molecule has 0 amide bonds. The Morgan fingerprint density at radius 2 is 2.23 bits per heavy atom. The molecule has 66 valence electrons. The molecule has 0 radical (unpaired) electrons. The van der Waals surface area contributed by atoms with Gasteiger partial charge in [-0.2, -0.15) is 0 Å². The Morgan fingerprint density at radius 1 is 1.38 bits per heavy atom. The number of hydrogen-bond donors (Lipinski definition) is 0. The molecule has 0 aliphatic carbocycles. The second-order valence-corrected chi connectivity index (χ2v) is 3.59. The van der Waals surface area contributed by atoms with E-state index in [1.807, 2.05) is 35.9 Å². The molecule has 2 rings (SSSR count). The summed E-state index contributed by atoms with van der Waals surface area (Å²) in [7, 11) is 0. The van der Waals surface area contributed by atoms with Gasteiger partial charge in [-0.25, -0.2) is 0 Å². The minimum absolute atomic E-state index is 0.745. The van der Waals surface area contributed by atoms with E-state index < -0.39 is 0 Å². The summed E-state index contributed by atoms with van der Waals surface area (Å²) in [6.45, 7) is 0. The third-order valence-electron chi connectivity index (χ3n) is 1.92. The molecule has 1 aromatic carbocycles. The molecule has 0 atom stereocenters. The highest BCUT2D eigenvalue weighted by atomic mass is 32.2. The molecule has 0 saturated heterocycles. The number of benzene rings is 1. The van der Waals surface area contributed by atoms with Crippen molar-refractivity contribution in [3.8, 4) is 0 Å². The molecule has 0 unspecified atom stereocenters. The Balaban J connectivity index is 2.37. The van der Waals surface area contributed by atoms with Crippen molar-refractivity contribution in [2.45, 2.75) is 0 Å². The van der Waals surface area contributed by atoms with E-state index >= 15 is 0 Å². The average molecular weight is 191 g/mol. The number of nitrogens with zero attached hydrogens (tertiary/aromatic N) is 1. The van der Waals surface area contributed by atoms with Crippen molar-refractivity contribution in [2.24, 2.45) is 0 Å². The normalized spacial score (nSPS) is 14.9. The van der Waals surface area contributed by atoms with Gasteiger partial charge in [0.1, 0.15) is 0 Å². The van der Waals surface area contributed by atoms with Gasteiger partial charge in [0.05, 0.1) is 11.6 Å². The van der Waals surface area contributed by atoms with Gasteiger partial charge in [0.2, 0.25) is 0 Å². The van der Waals surface area contributed by atoms with Crippen molar-refractivity contribution in [1.82, 2.24) is 0 Å². The molecule has 1 aliphatic heterocycles. The van der Waals surface area contributed by atoms with Crippen LogP contribution in [0.2, 0.25) is 0 Å². The number of aldehydes is 1. The van der Waals surface area contributed by atoms with Crippen molar-refractivity contribution >= 4 is 23.7 Å². The van der Waals surface area contributed by atoms with E-state index in [1.54, 1.807) is 11.8 Å². The summed E-state index contributed by atoms with van der Waals surface area (Å²) in [4.78, 5) is 12.8. The minimum atomic E-state index is 0.745. The summed E-state index contributed by atoms with van der Waals surface area (Å²) >= 11 is 1.73. The average Bonchev–Trinajstić information content (AvgIpc) is 2.70. The first-order chi connectivity index (χ1) is 6.42. The topological polar surface area (TPSA) is 20.3 Å². The van der Waals surface area contributed by atoms with Crippen molar-refractivity contribution in [1.29, 1.82) is 0 Å². The Kier molecular flexibility index (Phi) is 2.36. The Morgan fingerprint density at radius 3 is 2.92 bits per heavy atom. The first-order valence-electron chi connectivity index (χ1n) is 4.01. The smallest absolute Gasteiger partial charge is 0.152 e. The molecule has 13 heavy (non-hydrogen) atoms. The van der Waals surface area contributed by atoms with Gasteiger partial charge in [-0.05, 0) is 17.5 Å². The quantitative estimate of drug-likeness (QED) is 0.670. The molecule has 0 fully saturated rings. The van der Waals surface area contributed by atoms with Gasteiger partial charge in [0.15, 0.2) is 6.29 Å². The Bertz CT molecular complexity index is 349. The van der Waals surface area contributed by atoms with Crippen molar-refractivity contribution in [3.05, 3.63) is 41.4 Å². The van der Waals surface area contributed by atoms with Crippen LogP contribution < -0.4 is 4.90 Å². The molecule has 0 bridgehead atoms. The zero-order valence-electron chi connectivity index (χ0n) is 7.01. The van der Waals surface area contributed by atoms with E-state index in [4.69, 9.17) is 0 Å². The summed E-state index contributed by atoms with van der Waals surface area (Å²) in [5, 5.41) is 2.03. The Labute approximate surface area is 81.2 Å². The fourth-order valence-corrected chi connectivity index (χ4v) is 1.99. The lowest BCUT2D eigenvalue weighted by atomic mass is 10.2. The molecular formula is C10H9NOS. The summed E-state index contributed by atoms with van der Waals surface area (Å²) in [5.41, 5.74) is 1.73. The van der Waals surface area contributed by atoms with Crippen molar-refractivity contribution < 1.29 is 4.79 Å². The van der Waals surface area contributed by atoms with Crippen LogP contribution in [0.1, 0.15) is 10.4 Å². The number of hydrogen-bond acceptors (Lipinski definition) is 3. The molecule has 0 saturated carbocycles. The lowest BCUT2D eigenvalue weighted by Gasteiger charge is -2.16. The maximum absolute atomic E-state index is 10.7. The van der Waals surface area contributed by atoms with Crippen molar-refractivity contribution in [2.75, 3.05) is 10.8 Å². The largest absolute Gasteiger partial charge is 0.337 e. The van der Waals surface area contributed by atoms with Gasteiger partial charge in [0, 0.05) is 11.8 Å². The lowest BCUT2D eigenvalue weighted by molar-refractivity contribution is 0.112. The second kappa shape index (κ2) is 3.66. The fraction of sp³-hybridized carbons (Fsp3) is 0.100. The molecule has 0 N–H and O–H groups in total. The summed E-state index contributed by atoms with van der Waals surface area (Å²) < 4.78 is 0. The monoisotopic (exact) mass is 191 g/mol. The summed E-state index contributed by atoms with van der Waals surface area (Å²) in [5.74, 6) is 0.894. The van der Waals surface area contributed by atoms with E-state index in [2.05, 4.69) is 4.90 Å². The summed E-state index contributed by atoms with van der Waals surface area (Å²) in [6, 6.07) is 7.61. The van der Waals surface area contributed by atoms with Gasteiger partial charge >= 0.3 is 0 Å². The molecular weight excluding hydrogens is 182 g/mol. The van der Waals surface area contributed by atoms with E-state index in [-0.39, 0.29) is 0 Å². The molecule has 0 spiro atoms. The Hall–Kier alpha value is -1.22. The number of thioether (sulfide) groups is 1. The van der Waals surface area contributed by atoms with Gasteiger partial charge in [-0.15, -0.1) is 11.8 Å². The van der Waals surface area contributed by atoms with Gasteiger partial charge in [-0.1, -0.05) is 12.1 Å². The maximum atomic E-state index is 10.7. The van der Waals surface area contributed by atoms with Crippen LogP contribution in [0.5, 0.6) is 0 Å². The van der Waals surface area contributed by atoms with Crippen LogP contribution in [0.25, 0.3) is 0 Å². The standard InChI is InChI=1S/C10H9NOS/c12-7-9-3-1-2-4-10(9)11-5-6-13-8-11/h1-7H,8H2. The molecule has 2 nitrogen and oxygen atoms in total. The first kappa shape index (κ1) is 8.38. The van der Waals surface area contributed by atoms with E-state index in [0.717, 1.165) is 23.4 Å². The molecule has 3 heteroatoms. The predicted octanol–water partition coefficient (Wildman–Crippen LogP) is 2.48. The number of carbonyl (C=O) groups is 1. The SMILES string of the molecule is O=Cc1ccccc1N1C=CSC1. The van der Waals surface area contributed by atoms with Crippen LogP contribution >= 0.6 is 11.8 Å². The fourth-order valence-electron chi connectivity index (χ4n) is 1.28. The minimum Gasteiger partial charge on any atom is -0.337 e. The van der Waals surface area contributed by atoms with E-state index in [1.165, 1.54) is 0 Å². The number of anilines is 1. The van der Waals surface area contributed by atoms with Crippen LogP contribution in [0, 0.1) is 0 Å². The van der Waals surface area contributed by atoms with Crippen LogP contribution in [0.3, 0.4) is 0 Å². The third kappa shape index (κ3) is 1.60. The second-order valence-electron chi connectivity index (χ2n) is 2.73. The first-order valence-corrected chi connectivity index (χ1v) is 5.06. The van der Waals surface area contributed by atoms with E-state index in [0.29, 0.717) is 0 Å². The van der Waals surface area contributed by atoms with Crippen LogP contribution in [0.15, 0.2) is 35.9 Å². The highest BCUT2D eigenvalue weighted by Gasteiger charge is 2.10. The zero-order valence-corrected chi connectivity index (χ0v) is 7.83. The third-order valence-corrected chi connectivity index (χ3v) is 2.67.